The molecule has 0 saturated heterocycles. The van der Waals surface area contributed by atoms with Crippen molar-refractivity contribution in [3.8, 4) is 5.69 Å². The Labute approximate surface area is 114 Å². The van der Waals surface area contributed by atoms with Crippen LogP contribution >= 0.6 is 11.6 Å². The summed E-state index contributed by atoms with van der Waals surface area (Å²) in [6.45, 7) is 0. The minimum atomic E-state index is -3.21. The number of halogens is 5. The van der Waals surface area contributed by atoms with Crippen molar-refractivity contribution in [1.82, 2.24) is 9.78 Å². The maximum Gasteiger partial charge on any atom is 0.341 e. The third-order valence-corrected chi connectivity index (χ3v) is 2.76. The lowest BCUT2D eigenvalue weighted by Gasteiger charge is -2.04. The number of nitrogens with zero attached hydrogens (tertiary/aromatic N) is 2. The van der Waals surface area contributed by atoms with E-state index in [4.69, 9.17) is 16.7 Å². The lowest BCUT2D eigenvalue weighted by molar-refractivity contribution is 0.0684. The zero-order valence-corrected chi connectivity index (χ0v) is 10.2. The Balaban J connectivity index is 2.69. The van der Waals surface area contributed by atoms with Gasteiger partial charge in [-0.05, 0) is 12.1 Å². The van der Waals surface area contributed by atoms with Crippen molar-refractivity contribution in [3.63, 3.8) is 0 Å². The maximum atomic E-state index is 13.6. The summed E-state index contributed by atoms with van der Waals surface area (Å²) in [7, 11) is 0. The first-order valence-corrected chi connectivity index (χ1v) is 5.46. The number of carboxylic acids is 1. The largest absolute Gasteiger partial charge is 0.478 e. The van der Waals surface area contributed by atoms with E-state index in [-0.39, 0.29) is 0 Å². The number of carbonyl (C=O) groups is 1. The summed E-state index contributed by atoms with van der Waals surface area (Å²) >= 11 is 5.64. The van der Waals surface area contributed by atoms with Crippen LogP contribution in [-0.4, -0.2) is 20.9 Å². The molecule has 0 spiro atoms. The monoisotopic (exact) mass is 308 g/mol. The first kappa shape index (κ1) is 14.3. The normalized spacial score (nSPS) is 11.1. The van der Waals surface area contributed by atoms with Crippen LogP contribution in [0.4, 0.5) is 17.6 Å². The summed E-state index contributed by atoms with van der Waals surface area (Å²) in [6.07, 6.45) is -3.21. The zero-order valence-electron chi connectivity index (χ0n) is 9.45. The van der Waals surface area contributed by atoms with Gasteiger partial charge in [-0.15, -0.1) is 0 Å². The van der Waals surface area contributed by atoms with E-state index in [0.29, 0.717) is 10.7 Å². The second kappa shape index (κ2) is 5.12. The number of carboxylic acid groups (broad SMARTS) is 1. The summed E-state index contributed by atoms with van der Waals surface area (Å²) in [5, 5.41) is 11.4. The molecule has 0 aliphatic rings. The van der Waals surface area contributed by atoms with Crippen LogP contribution in [0, 0.1) is 11.6 Å². The molecule has 0 amide bonds. The van der Waals surface area contributed by atoms with Crippen molar-refractivity contribution in [3.05, 3.63) is 46.2 Å². The molecule has 1 heterocycles. The molecule has 0 atom stereocenters. The van der Waals surface area contributed by atoms with E-state index >= 15 is 0 Å². The smallest absolute Gasteiger partial charge is 0.341 e. The molecule has 0 aliphatic heterocycles. The van der Waals surface area contributed by atoms with E-state index in [2.05, 4.69) is 5.10 Å². The summed E-state index contributed by atoms with van der Waals surface area (Å²) in [6, 6.07) is 2.26. The first-order valence-electron chi connectivity index (χ1n) is 5.08. The molecule has 4 nitrogen and oxygen atoms in total. The second-order valence-corrected chi connectivity index (χ2v) is 4.02. The van der Waals surface area contributed by atoms with Crippen LogP contribution in [0.5, 0.6) is 0 Å². The Morgan fingerprint density at radius 3 is 2.45 bits per heavy atom. The molecule has 2 rings (SSSR count). The number of aromatic carboxylic acids is 1. The minimum Gasteiger partial charge on any atom is -0.478 e. The van der Waals surface area contributed by atoms with Crippen LogP contribution in [-0.2, 0) is 0 Å². The van der Waals surface area contributed by atoms with Gasteiger partial charge in [-0.1, -0.05) is 11.6 Å². The highest BCUT2D eigenvalue weighted by Crippen LogP contribution is 2.30. The van der Waals surface area contributed by atoms with Gasteiger partial charge >= 0.3 is 5.97 Å². The third kappa shape index (κ3) is 2.34. The average molecular weight is 309 g/mol. The second-order valence-electron chi connectivity index (χ2n) is 3.66. The Morgan fingerprint density at radius 2 is 2.00 bits per heavy atom. The van der Waals surface area contributed by atoms with Gasteiger partial charge < -0.3 is 5.11 Å². The lowest BCUT2D eigenvalue weighted by Crippen LogP contribution is -2.02. The molecule has 0 bridgehead atoms. The molecule has 20 heavy (non-hydrogen) atoms. The Kier molecular flexibility index (Phi) is 3.67. The number of benzene rings is 1. The van der Waals surface area contributed by atoms with E-state index in [9.17, 15) is 22.4 Å². The lowest BCUT2D eigenvalue weighted by atomic mass is 10.2. The van der Waals surface area contributed by atoms with Crippen molar-refractivity contribution < 1.29 is 27.5 Å². The average Bonchev–Trinajstić information content (AvgIpc) is 2.67. The fourth-order valence-electron chi connectivity index (χ4n) is 1.58. The highest BCUT2D eigenvalue weighted by atomic mass is 35.5. The van der Waals surface area contributed by atoms with E-state index in [0.717, 1.165) is 12.1 Å². The highest BCUT2D eigenvalue weighted by molar-refractivity contribution is 6.33. The van der Waals surface area contributed by atoms with Crippen LogP contribution in [0.15, 0.2) is 18.2 Å². The van der Waals surface area contributed by atoms with Crippen LogP contribution in [0.25, 0.3) is 5.69 Å². The summed E-state index contributed by atoms with van der Waals surface area (Å²) in [5.74, 6) is -3.73. The zero-order chi connectivity index (χ0) is 15.0. The van der Waals surface area contributed by atoms with Gasteiger partial charge in [0.05, 0.1) is 0 Å². The van der Waals surface area contributed by atoms with Gasteiger partial charge in [-0.25, -0.2) is 27.0 Å². The Bertz CT molecular complexity index is 687. The molecule has 0 saturated carbocycles. The molecule has 1 aromatic carbocycles. The fraction of sp³-hybridized carbons (Fsp3) is 0.0909. The molecular weight excluding hydrogens is 304 g/mol. The summed E-state index contributed by atoms with van der Waals surface area (Å²) in [4.78, 5) is 10.9. The molecule has 106 valence electrons. The van der Waals surface area contributed by atoms with Gasteiger partial charge in [-0.3, -0.25) is 0 Å². The van der Waals surface area contributed by atoms with E-state index < -0.39 is 46.1 Å². The number of hydrogen-bond donors (Lipinski definition) is 1. The summed E-state index contributed by atoms with van der Waals surface area (Å²) < 4.78 is 52.3. The predicted molar refractivity (Wildman–Crippen MR) is 60.4 cm³/mol. The van der Waals surface area contributed by atoms with Gasteiger partial charge in [0.1, 0.15) is 27.9 Å². The predicted octanol–water partition coefficient (Wildman–Crippen LogP) is 3.44. The van der Waals surface area contributed by atoms with Crippen LogP contribution in [0.2, 0.25) is 5.15 Å². The number of rotatable bonds is 3. The van der Waals surface area contributed by atoms with Crippen molar-refractivity contribution >= 4 is 17.6 Å². The molecule has 2 aromatic rings. The SMILES string of the molecule is O=C(O)c1c(C(F)F)nn(-c2ccc(F)cc2F)c1Cl. The van der Waals surface area contributed by atoms with Crippen LogP contribution in [0.3, 0.4) is 0 Å². The van der Waals surface area contributed by atoms with Crippen molar-refractivity contribution in [1.29, 1.82) is 0 Å². The van der Waals surface area contributed by atoms with Crippen LogP contribution < -0.4 is 0 Å². The number of aromatic nitrogens is 2. The molecule has 1 aromatic heterocycles. The van der Waals surface area contributed by atoms with E-state index in [1.165, 1.54) is 0 Å². The molecule has 0 radical (unpaired) electrons. The van der Waals surface area contributed by atoms with Crippen molar-refractivity contribution in [2.45, 2.75) is 6.43 Å². The Morgan fingerprint density at radius 1 is 1.35 bits per heavy atom. The van der Waals surface area contributed by atoms with E-state index in [1.807, 2.05) is 0 Å². The third-order valence-electron chi connectivity index (χ3n) is 2.41. The molecule has 9 heteroatoms. The topological polar surface area (TPSA) is 55.1 Å². The molecular formula is C11H5ClF4N2O2. The standard InChI is InChI=1S/C11H5ClF4N2O2/c12-9-7(11(19)20)8(10(15)16)17-18(9)6-2-1-4(13)3-5(6)14/h1-3,10H,(H,19,20). The van der Waals surface area contributed by atoms with Gasteiger partial charge in [-0.2, -0.15) is 5.10 Å². The molecule has 0 fully saturated rings. The van der Waals surface area contributed by atoms with Crippen molar-refractivity contribution in [2.75, 3.05) is 0 Å². The minimum absolute atomic E-state index is 0.439. The quantitative estimate of drug-likeness (QED) is 0.884. The van der Waals surface area contributed by atoms with E-state index in [1.54, 1.807) is 0 Å². The van der Waals surface area contributed by atoms with Gasteiger partial charge in [0, 0.05) is 6.07 Å². The maximum absolute atomic E-state index is 13.6. The summed E-state index contributed by atoms with van der Waals surface area (Å²) in [5.41, 5.74) is -2.46. The molecule has 0 aliphatic carbocycles. The fourth-order valence-corrected chi connectivity index (χ4v) is 1.88. The number of alkyl halides is 2. The van der Waals surface area contributed by atoms with Crippen molar-refractivity contribution in [2.24, 2.45) is 0 Å². The first-order chi connectivity index (χ1) is 9.32. The van der Waals surface area contributed by atoms with Gasteiger partial charge in [0.25, 0.3) is 6.43 Å². The molecule has 0 unspecified atom stereocenters. The number of hydrogen-bond acceptors (Lipinski definition) is 2. The van der Waals surface area contributed by atoms with Gasteiger partial charge in [0.15, 0.2) is 5.82 Å². The molecule has 1 N–H and O–H groups in total. The van der Waals surface area contributed by atoms with Gasteiger partial charge in [0.2, 0.25) is 0 Å². The highest BCUT2D eigenvalue weighted by Gasteiger charge is 2.29. The van der Waals surface area contributed by atoms with Crippen LogP contribution in [0.1, 0.15) is 22.5 Å². The Hall–Kier alpha value is -2.09.